The van der Waals surface area contributed by atoms with Gasteiger partial charge in [-0.1, -0.05) is 0 Å². The molecule has 0 fully saturated rings. The third kappa shape index (κ3) is 6.03. The van der Waals surface area contributed by atoms with E-state index in [2.05, 4.69) is 5.32 Å². The van der Waals surface area contributed by atoms with Crippen LogP contribution in [-0.4, -0.2) is 37.2 Å². The Labute approximate surface area is 130 Å². The third-order valence-electron chi connectivity index (χ3n) is 3.18. The summed E-state index contributed by atoms with van der Waals surface area (Å²) >= 11 is 0. The maximum absolute atomic E-state index is 11.6. The van der Waals surface area contributed by atoms with Crippen LogP contribution in [0.1, 0.15) is 26.7 Å². The van der Waals surface area contributed by atoms with Crippen LogP contribution in [0.25, 0.3) is 0 Å². The summed E-state index contributed by atoms with van der Waals surface area (Å²) in [5, 5.41) is 11.6. The average Bonchev–Trinajstić information content (AvgIpc) is 2.50. The van der Waals surface area contributed by atoms with E-state index in [-0.39, 0.29) is 12.5 Å². The molecule has 0 aliphatic rings. The molecule has 0 aliphatic carbocycles. The topological polar surface area (TPSA) is 84.9 Å². The van der Waals surface area contributed by atoms with E-state index in [0.29, 0.717) is 25.2 Å². The highest BCUT2D eigenvalue weighted by Crippen LogP contribution is 2.17. The van der Waals surface area contributed by atoms with E-state index < -0.39 is 11.4 Å². The van der Waals surface area contributed by atoms with Gasteiger partial charge >= 0.3 is 5.97 Å². The molecule has 0 aliphatic heterocycles. The number of carboxylic acid groups (broad SMARTS) is 1. The van der Waals surface area contributed by atoms with E-state index in [1.54, 1.807) is 45.2 Å². The van der Waals surface area contributed by atoms with Gasteiger partial charge in [0.1, 0.15) is 11.5 Å². The van der Waals surface area contributed by atoms with Crippen LogP contribution >= 0.6 is 0 Å². The highest BCUT2D eigenvalue weighted by Gasteiger charge is 2.27. The van der Waals surface area contributed by atoms with Gasteiger partial charge in [0.05, 0.1) is 19.1 Å². The van der Waals surface area contributed by atoms with Crippen LogP contribution in [0.5, 0.6) is 11.5 Å². The second-order valence-electron chi connectivity index (χ2n) is 5.59. The van der Waals surface area contributed by atoms with Gasteiger partial charge in [-0.15, -0.1) is 0 Å². The fourth-order valence-electron chi connectivity index (χ4n) is 1.58. The first-order chi connectivity index (χ1) is 10.3. The van der Waals surface area contributed by atoms with Crippen molar-refractivity contribution in [3.05, 3.63) is 24.3 Å². The number of amides is 1. The van der Waals surface area contributed by atoms with Gasteiger partial charge < -0.3 is 19.9 Å². The molecular formula is C16H23NO5. The Morgan fingerprint density at radius 1 is 1.18 bits per heavy atom. The van der Waals surface area contributed by atoms with E-state index in [9.17, 15) is 9.59 Å². The summed E-state index contributed by atoms with van der Waals surface area (Å²) < 4.78 is 10.6. The number of hydrogen-bond acceptors (Lipinski definition) is 4. The van der Waals surface area contributed by atoms with Crippen molar-refractivity contribution >= 4 is 11.9 Å². The molecule has 0 aromatic heterocycles. The average molecular weight is 309 g/mol. The first kappa shape index (κ1) is 17.8. The number of carboxylic acids is 1. The Kier molecular flexibility index (Phi) is 6.69. The molecule has 0 saturated heterocycles. The number of carbonyl (C=O) groups excluding carboxylic acids is 1. The zero-order chi connectivity index (χ0) is 16.6. The SMILES string of the molecule is COc1ccc(OCCCC(=O)NCC(C)(C)C(=O)O)cc1. The summed E-state index contributed by atoms with van der Waals surface area (Å²) in [5.41, 5.74) is -0.963. The molecule has 0 heterocycles. The lowest BCUT2D eigenvalue weighted by Gasteiger charge is -2.19. The predicted molar refractivity (Wildman–Crippen MR) is 82.1 cm³/mol. The Bertz CT molecular complexity index is 496. The minimum absolute atomic E-state index is 0.112. The van der Waals surface area contributed by atoms with E-state index in [1.807, 2.05) is 0 Å². The molecule has 6 heteroatoms. The zero-order valence-electron chi connectivity index (χ0n) is 13.2. The number of ether oxygens (including phenoxy) is 2. The van der Waals surface area contributed by atoms with Crippen molar-refractivity contribution in [3.63, 3.8) is 0 Å². The molecular weight excluding hydrogens is 286 g/mol. The lowest BCUT2D eigenvalue weighted by atomic mass is 9.94. The summed E-state index contributed by atoms with van der Waals surface area (Å²) in [6, 6.07) is 7.20. The lowest BCUT2D eigenvalue weighted by Crippen LogP contribution is -2.38. The largest absolute Gasteiger partial charge is 0.497 e. The summed E-state index contributed by atoms with van der Waals surface area (Å²) in [6.07, 6.45) is 0.858. The van der Waals surface area contributed by atoms with Gasteiger partial charge in [-0.25, -0.2) is 0 Å². The van der Waals surface area contributed by atoms with Crippen molar-refractivity contribution < 1.29 is 24.2 Å². The van der Waals surface area contributed by atoms with Crippen molar-refractivity contribution in [1.29, 1.82) is 0 Å². The molecule has 22 heavy (non-hydrogen) atoms. The molecule has 0 atom stereocenters. The predicted octanol–water partition coefficient (Wildman–Crippen LogP) is 2.08. The molecule has 0 radical (unpaired) electrons. The highest BCUT2D eigenvalue weighted by atomic mass is 16.5. The second-order valence-corrected chi connectivity index (χ2v) is 5.59. The molecule has 0 unspecified atom stereocenters. The second kappa shape index (κ2) is 8.26. The van der Waals surface area contributed by atoms with E-state index >= 15 is 0 Å². The van der Waals surface area contributed by atoms with Crippen molar-refractivity contribution in [2.75, 3.05) is 20.3 Å². The molecule has 0 saturated carbocycles. The van der Waals surface area contributed by atoms with E-state index in [0.717, 1.165) is 5.75 Å². The number of methoxy groups -OCH3 is 1. The zero-order valence-corrected chi connectivity index (χ0v) is 13.2. The minimum atomic E-state index is -0.963. The molecule has 1 aromatic rings. The van der Waals surface area contributed by atoms with Crippen molar-refractivity contribution in [3.8, 4) is 11.5 Å². The highest BCUT2D eigenvalue weighted by molar-refractivity contribution is 5.78. The standard InChI is InChI=1S/C16H23NO5/c1-16(2,15(19)20)11-17-14(18)5-4-10-22-13-8-6-12(21-3)7-9-13/h6-9H,4-5,10-11H2,1-3H3,(H,17,18)(H,19,20). The monoisotopic (exact) mass is 309 g/mol. The fraction of sp³-hybridized carbons (Fsp3) is 0.500. The van der Waals surface area contributed by atoms with Crippen LogP contribution < -0.4 is 14.8 Å². The normalized spacial score (nSPS) is 10.9. The number of carbonyl (C=O) groups is 2. The van der Waals surface area contributed by atoms with Gasteiger partial charge in [0.2, 0.25) is 5.91 Å². The molecule has 1 amide bonds. The fourth-order valence-corrected chi connectivity index (χ4v) is 1.58. The first-order valence-electron chi connectivity index (χ1n) is 7.12. The number of hydrogen-bond donors (Lipinski definition) is 2. The molecule has 0 bridgehead atoms. The molecule has 0 spiro atoms. The molecule has 122 valence electrons. The van der Waals surface area contributed by atoms with Crippen LogP contribution in [0.15, 0.2) is 24.3 Å². The van der Waals surface area contributed by atoms with Gasteiger partial charge in [-0.05, 0) is 44.5 Å². The van der Waals surface area contributed by atoms with Gasteiger partial charge in [0.25, 0.3) is 0 Å². The van der Waals surface area contributed by atoms with Gasteiger partial charge in [0, 0.05) is 13.0 Å². The summed E-state index contributed by atoms with van der Waals surface area (Å²) in [6.45, 7) is 3.67. The molecule has 1 rings (SSSR count). The van der Waals surface area contributed by atoms with Crippen LogP contribution in [-0.2, 0) is 9.59 Å². The first-order valence-corrected chi connectivity index (χ1v) is 7.12. The molecule has 2 N–H and O–H groups in total. The summed E-state index contributed by atoms with van der Waals surface area (Å²) in [4.78, 5) is 22.5. The van der Waals surface area contributed by atoms with Gasteiger partial charge in [-0.3, -0.25) is 9.59 Å². The number of benzene rings is 1. The Morgan fingerprint density at radius 2 is 1.77 bits per heavy atom. The Balaban J connectivity index is 2.21. The number of nitrogens with one attached hydrogen (secondary N) is 1. The van der Waals surface area contributed by atoms with Crippen LogP contribution in [0, 0.1) is 5.41 Å². The van der Waals surface area contributed by atoms with Crippen molar-refractivity contribution in [2.45, 2.75) is 26.7 Å². The quantitative estimate of drug-likeness (QED) is 0.682. The van der Waals surface area contributed by atoms with Gasteiger partial charge in [0.15, 0.2) is 0 Å². The number of rotatable bonds is 9. The smallest absolute Gasteiger partial charge is 0.310 e. The maximum Gasteiger partial charge on any atom is 0.310 e. The van der Waals surface area contributed by atoms with Crippen molar-refractivity contribution in [1.82, 2.24) is 5.32 Å². The number of aliphatic carboxylic acids is 1. The summed E-state index contributed by atoms with van der Waals surface area (Å²) in [5.74, 6) is 0.365. The van der Waals surface area contributed by atoms with Crippen LogP contribution in [0.3, 0.4) is 0 Å². The minimum Gasteiger partial charge on any atom is -0.497 e. The van der Waals surface area contributed by atoms with Crippen molar-refractivity contribution in [2.24, 2.45) is 5.41 Å². The van der Waals surface area contributed by atoms with E-state index in [1.165, 1.54) is 0 Å². The Morgan fingerprint density at radius 3 is 2.32 bits per heavy atom. The third-order valence-corrected chi connectivity index (χ3v) is 3.18. The van der Waals surface area contributed by atoms with Crippen LogP contribution in [0.4, 0.5) is 0 Å². The molecule has 6 nitrogen and oxygen atoms in total. The molecule has 1 aromatic carbocycles. The maximum atomic E-state index is 11.6. The Hall–Kier alpha value is -2.24. The summed E-state index contributed by atoms with van der Waals surface area (Å²) in [7, 11) is 1.60. The van der Waals surface area contributed by atoms with Crippen LogP contribution in [0.2, 0.25) is 0 Å². The van der Waals surface area contributed by atoms with Gasteiger partial charge in [-0.2, -0.15) is 0 Å². The lowest BCUT2D eigenvalue weighted by molar-refractivity contribution is -0.146. The van der Waals surface area contributed by atoms with E-state index in [4.69, 9.17) is 14.6 Å².